The number of amides is 1. The first-order chi connectivity index (χ1) is 12.1. The molecule has 0 radical (unpaired) electrons. The Hall–Kier alpha value is -3.15. The van der Waals surface area contributed by atoms with Crippen LogP contribution >= 0.6 is 0 Å². The number of para-hydroxylation sites is 1. The van der Waals surface area contributed by atoms with Gasteiger partial charge in [-0.3, -0.25) is 4.79 Å². The highest BCUT2D eigenvalue weighted by Crippen LogP contribution is 2.15. The Morgan fingerprint density at radius 3 is 2.16 bits per heavy atom. The van der Waals surface area contributed by atoms with Crippen LogP contribution in [0.15, 0.2) is 48.5 Å². The van der Waals surface area contributed by atoms with E-state index in [1.807, 2.05) is 25.1 Å². The van der Waals surface area contributed by atoms with Crippen LogP contribution in [-0.4, -0.2) is 31.6 Å². The summed E-state index contributed by atoms with van der Waals surface area (Å²) in [5.74, 6) is -1.86. The first kappa shape index (κ1) is 18.2. The highest BCUT2D eigenvalue weighted by molar-refractivity contribution is 6.04. The molecule has 25 heavy (non-hydrogen) atoms. The van der Waals surface area contributed by atoms with Crippen LogP contribution < -0.4 is 5.32 Å². The summed E-state index contributed by atoms with van der Waals surface area (Å²) in [6, 6.07) is 13.5. The molecule has 0 fully saturated rings. The molecule has 0 spiro atoms. The van der Waals surface area contributed by atoms with Gasteiger partial charge in [-0.05, 0) is 30.2 Å². The third kappa shape index (κ3) is 4.67. The Kier molecular flexibility index (Phi) is 6.28. The molecule has 0 aliphatic heterocycles. The fraction of sp³-hybridized carbons (Fsp3) is 0.211. The number of carbonyl (C=O) groups is 3. The second-order valence-corrected chi connectivity index (χ2v) is 5.17. The molecule has 6 nitrogen and oxygen atoms in total. The zero-order valence-corrected chi connectivity index (χ0v) is 14.1. The lowest BCUT2D eigenvalue weighted by Crippen LogP contribution is -2.22. The molecule has 0 aromatic heterocycles. The van der Waals surface area contributed by atoms with E-state index in [1.54, 1.807) is 18.2 Å². The number of anilines is 1. The third-order valence-electron chi connectivity index (χ3n) is 3.56. The summed E-state index contributed by atoms with van der Waals surface area (Å²) in [6.45, 7) is 1.53. The zero-order chi connectivity index (χ0) is 18.2. The molecule has 2 aromatic carbocycles. The minimum absolute atomic E-state index is 0.0520. The fourth-order valence-electron chi connectivity index (χ4n) is 2.29. The van der Waals surface area contributed by atoms with Gasteiger partial charge in [-0.25, -0.2) is 9.59 Å². The number of methoxy groups -OCH3 is 1. The highest BCUT2D eigenvalue weighted by Gasteiger charge is 2.19. The minimum atomic E-state index is -0.764. The van der Waals surface area contributed by atoms with Crippen LogP contribution in [0.5, 0.6) is 0 Å². The Morgan fingerprint density at radius 1 is 0.920 bits per heavy atom. The smallest absolute Gasteiger partial charge is 0.339 e. The molecule has 1 N–H and O–H groups in total. The second-order valence-electron chi connectivity index (χ2n) is 5.17. The number of benzene rings is 2. The van der Waals surface area contributed by atoms with Crippen LogP contribution in [0.1, 0.15) is 33.2 Å². The van der Waals surface area contributed by atoms with E-state index < -0.39 is 24.5 Å². The number of esters is 2. The molecule has 1 amide bonds. The van der Waals surface area contributed by atoms with Gasteiger partial charge in [0.2, 0.25) is 0 Å². The third-order valence-corrected chi connectivity index (χ3v) is 3.56. The molecular weight excluding hydrogens is 322 g/mol. The van der Waals surface area contributed by atoms with Gasteiger partial charge in [-0.1, -0.05) is 37.3 Å². The maximum atomic E-state index is 12.2. The molecule has 0 aliphatic rings. The average Bonchev–Trinajstić information content (AvgIpc) is 2.65. The maximum absolute atomic E-state index is 12.2. The summed E-state index contributed by atoms with van der Waals surface area (Å²) in [4.78, 5) is 35.8. The number of aryl methyl sites for hydroxylation is 1. The Labute approximate surface area is 145 Å². The summed E-state index contributed by atoms with van der Waals surface area (Å²) in [5, 5.41) is 2.71. The summed E-state index contributed by atoms with van der Waals surface area (Å²) < 4.78 is 9.64. The predicted octanol–water partition coefficient (Wildman–Crippen LogP) is 2.83. The molecule has 130 valence electrons. The van der Waals surface area contributed by atoms with Gasteiger partial charge in [0.05, 0.1) is 18.2 Å². The van der Waals surface area contributed by atoms with E-state index in [-0.39, 0.29) is 11.1 Å². The van der Waals surface area contributed by atoms with E-state index in [1.165, 1.54) is 19.2 Å². The van der Waals surface area contributed by atoms with E-state index in [9.17, 15) is 14.4 Å². The number of hydrogen-bond acceptors (Lipinski definition) is 5. The minimum Gasteiger partial charge on any atom is -0.465 e. The van der Waals surface area contributed by atoms with Gasteiger partial charge < -0.3 is 14.8 Å². The van der Waals surface area contributed by atoms with Crippen molar-refractivity contribution in [2.45, 2.75) is 13.3 Å². The number of nitrogens with one attached hydrogen (secondary N) is 1. The quantitative estimate of drug-likeness (QED) is 0.817. The number of rotatable bonds is 6. The first-order valence-electron chi connectivity index (χ1n) is 7.79. The van der Waals surface area contributed by atoms with Gasteiger partial charge in [0, 0.05) is 5.69 Å². The Bertz CT molecular complexity index is 785. The molecule has 0 bridgehead atoms. The predicted molar refractivity (Wildman–Crippen MR) is 92.5 cm³/mol. The molecule has 2 rings (SSSR count). The molecule has 0 saturated carbocycles. The molecule has 0 atom stereocenters. The topological polar surface area (TPSA) is 81.7 Å². The van der Waals surface area contributed by atoms with Crippen molar-refractivity contribution in [3.8, 4) is 0 Å². The van der Waals surface area contributed by atoms with E-state index in [0.29, 0.717) is 5.69 Å². The van der Waals surface area contributed by atoms with Crippen LogP contribution in [0.2, 0.25) is 0 Å². The molecule has 6 heteroatoms. The zero-order valence-electron chi connectivity index (χ0n) is 14.1. The molecule has 2 aromatic rings. The van der Waals surface area contributed by atoms with E-state index in [2.05, 4.69) is 10.1 Å². The van der Waals surface area contributed by atoms with Crippen molar-refractivity contribution in [2.24, 2.45) is 0 Å². The van der Waals surface area contributed by atoms with Crippen molar-refractivity contribution in [2.75, 3.05) is 19.0 Å². The summed E-state index contributed by atoms with van der Waals surface area (Å²) in [7, 11) is 1.23. The van der Waals surface area contributed by atoms with Gasteiger partial charge in [-0.2, -0.15) is 0 Å². The van der Waals surface area contributed by atoms with Crippen molar-refractivity contribution >= 4 is 23.5 Å². The number of ether oxygens (including phenoxy) is 2. The van der Waals surface area contributed by atoms with Crippen LogP contribution in [0.3, 0.4) is 0 Å². The first-order valence-corrected chi connectivity index (χ1v) is 7.79. The van der Waals surface area contributed by atoms with Crippen LogP contribution in [0.4, 0.5) is 5.69 Å². The number of hydrogen-bond donors (Lipinski definition) is 1. The fourth-order valence-corrected chi connectivity index (χ4v) is 2.29. The average molecular weight is 341 g/mol. The monoisotopic (exact) mass is 341 g/mol. The molecular formula is C19H19NO5. The van der Waals surface area contributed by atoms with E-state index in [4.69, 9.17) is 4.74 Å². The number of carbonyl (C=O) groups excluding carboxylic acids is 3. The van der Waals surface area contributed by atoms with Crippen molar-refractivity contribution in [1.29, 1.82) is 0 Å². The lowest BCUT2D eigenvalue weighted by atomic mass is 10.1. The molecule has 0 saturated heterocycles. The van der Waals surface area contributed by atoms with Gasteiger partial charge in [0.15, 0.2) is 6.61 Å². The Morgan fingerprint density at radius 2 is 1.52 bits per heavy atom. The van der Waals surface area contributed by atoms with Crippen LogP contribution in [0.25, 0.3) is 0 Å². The Balaban J connectivity index is 2.01. The SMILES string of the molecule is CCc1ccccc1NC(=O)COC(=O)c1ccccc1C(=O)OC. The van der Waals surface area contributed by atoms with Gasteiger partial charge in [0.1, 0.15) is 0 Å². The maximum Gasteiger partial charge on any atom is 0.339 e. The van der Waals surface area contributed by atoms with Gasteiger partial charge in [0.25, 0.3) is 5.91 Å². The van der Waals surface area contributed by atoms with Crippen molar-refractivity contribution in [3.05, 3.63) is 65.2 Å². The summed E-state index contributed by atoms with van der Waals surface area (Å²) in [6.07, 6.45) is 0.767. The molecule has 0 heterocycles. The summed E-state index contributed by atoms with van der Waals surface area (Å²) >= 11 is 0. The molecule has 0 unspecified atom stereocenters. The lowest BCUT2D eigenvalue weighted by molar-refractivity contribution is -0.119. The lowest BCUT2D eigenvalue weighted by Gasteiger charge is -2.11. The van der Waals surface area contributed by atoms with Gasteiger partial charge >= 0.3 is 11.9 Å². The van der Waals surface area contributed by atoms with E-state index >= 15 is 0 Å². The van der Waals surface area contributed by atoms with Crippen molar-refractivity contribution < 1.29 is 23.9 Å². The van der Waals surface area contributed by atoms with Gasteiger partial charge in [-0.15, -0.1) is 0 Å². The second kappa shape index (κ2) is 8.63. The standard InChI is InChI=1S/C19H19NO5/c1-3-13-8-4-7-11-16(13)20-17(21)12-25-19(23)15-10-6-5-9-14(15)18(22)24-2/h4-11H,3,12H2,1-2H3,(H,20,21). The highest BCUT2D eigenvalue weighted by atomic mass is 16.5. The van der Waals surface area contributed by atoms with Crippen molar-refractivity contribution in [3.63, 3.8) is 0 Å². The van der Waals surface area contributed by atoms with Crippen LogP contribution in [-0.2, 0) is 20.7 Å². The van der Waals surface area contributed by atoms with Crippen LogP contribution in [0, 0.1) is 0 Å². The van der Waals surface area contributed by atoms with Crippen molar-refractivity contribution in [1.82, 2.24) is 0 Å². The summed E-state index contributed by atoms with van der Waals surface area (Å²) in [5.41, 5.74) is 1.81. The van der Waals surface area contributed by atoms with E-state index in [0.717, 1.165) is 12.0 Å². The normalized spacial score (nSPS) is 10.0. The molecule has 0 aliphatic carbocycles. The largest absolute Gasteiger partial charge is 0.465 e.